The Morgan fingerprint density at radius 2 is 1.65 bits per heavy atom. The van der Waals surface area contributed by atoms with Crippen molar-refractivity contribution in [2.24, 2.45) is 57.7 Å². The monoisotopic (exact) mass is 428 g/mol. The Balaban J connectivity index is 1.58. The second kappa shape index (κ2) is 8.18. The highest BCUT2D eigenvalue weighted by Gasteiger charge is 2.64. The normalized spacial score (nSPS) is 49.1. The average molecular weight is 429 g/mol. The van der Waals surface area contributed by atoms with Gasteiger partial charge in [0.1, 0.15) is 0 Å². The van der Waals surface area contributed by atoms with E-state index >= 15 is 0 Å². The van der Waals surface area contributed by atoms with Crippen molar-refractivity contribution in [3.05, 3.63) is 11.6 Å². The van der Waals surface area contributed by atoms with Crippen molar-refractivity contribution in [3.8, 4) is 0 Å². The SMILES string of the molecule is CC(C)[C@@H](C)CC[C@@H](C)[C@H]1CC[C@@]2(C)[C@@H]3CC[C@H]4[C@H](C)[C@@H](O)CC[C@]4(C)C3=CC[C@]12C. The lowest BCUT2D eigenvalue weighted by Gasteiger charge is -2.62. The van der Waals surface area contributed by atoms with Crippen molar-refractivity contribution >= 4 is 0 Å². The first-order chi connectivity index (χ1) is 14.5. The second-order valence-electron chi connectivity index (χ2n) is 13.7. The van der Waals surface area contributed by atoms with Crippen LogP contribution in [0.2, 0.25) is 0 Å². The topological polar surface area (TPSA) is 20.2 Å². The first kappa shape index (κ1) is 23.8. The molecule has 0 aromatic carbocycles. The zero-order valence-electron chi connectivity index (χ0n) is 22.0. The molecule has 0 aromatic heterocycles. The van der Waals surface area contributed by atoms with Crippen LogP contribution in [0.25, 0.3) is 0 Å². The molecule has 0 unspecified atom stereocenters. The Kier molecular flexibility index (Phi) is 6.29. The van der Waals surface area contributed by atoms with Gasteiger partial charge in [0.15, 0.2) is 0 Å². The molecule has 0 spiro atoms. The fourth-order valence-electron chi connectivity index (χ4n) is 9.36. The molecule has 0 amide bonds. The lowest BCUT2D eigenvalue weighted by atomic mass is 9.43. The van der Waals surface area contributed by atoms with E-state index in [1.807, 2.05) is 5.57 Å². The Bertz CT molecular complexity index is 693. The van der Waals surface area contributed by atoms with Crippen LogP contribution in [0.4, 0.5) is 0 Å². The third-order valence-corrected chi connectivity index (χ3v) is 12.3. The molecule has 0 saturated heterocycles. The lowest BCUT2D eigenvalue weighted by molar-refractivity contribution is -0.0781. The van der Waals surface area contributed by atoms with E-state index in [9.17, 15) is 5.11 Å². The van der Waals surface area contributed by atoms with Crippen LogP contribution in [0.1, 0.15) is 113 Å². The van der Waals surface area contributed by atoms with Gasteiger partial charge in [-0.25, -0.2) is 0 Å². The van der Waals surface area contributed by atoms with E-state index in [4.69, 9.17) is 0 Å². The van der Waals surface area contributed by atoms with Gasteiger partial charge >= 0.3 is 0 Å². The van der Waals surface area contributed by atoms with Gasteiger partial charge < -0.3 is 5.11 Å². The second-order valence-corrected chi connectivity index (χ2v) is 13.7. The third-order valence-electron chi connectivity index (χ3n) is 12.3. The molecular weight excluding hydrogens is 376 g/mol. The fourth-order valence-corrected chi connectivity index (χ4v) is 9.36. The number of hydrogen-bond donors (Lipinski definition) is 1. The van der Waals surface area contributed by atoms with Crippen molar-refractivity contribution in [2.45, 2.75) is 119 Å². The van der Waals surface area contributed by atoms with E-state index in [2.05, 4.69) is 61.5 Å². The minimum atomic E-state index is -0.0791. The Morgan fingerprint density at radius 3 is 2.32 bits per heavy atom. The molecule has 31 heavy (non-hydrogen) atoms. The number of aliphatic hydroxyl groups is 1. The van der Waals surface area contributed by atoms with Crippen LogP contribution in [0.5, 0.6) is 0 Å². The van der Waals surface area contributed by atoms with Crippen LogP contribution >= 0.6 is 0 Å². The summed E-state index contributed by atoms with van der Waals surface area (Å²) in [6, 6.07) is 0. The van der Waals surface area contributed by atoms with E-state index in [-0.39, 0.29) is 6.10 Å². The zero-order chi connectivity index (χ0) is 22.8. The third kappa shape index (κ3) is 3.50. The number of rotatable bonds is 5. The maximum absolute atomic E-state index is 10.6. The molecule has 4 aliphatic rings. The van der Waals surface area contributed by atoms with Gasteiger partial charge in [-0.3, -0.25) is 0 Å². The summed E-state index contributed by atoms with van der Waals surface area (Å²) < 4.78 is 0. The van der Waals surface area contributed by atoms with Crippen LogP contribution < -0.4 is 0 Å². The van der Waals surface area contributed by atoms with E-state index < -0.39 is 0 Å². The summed E-state index contributed by atoms with van der Waals surface area (Å²) >= 11 is 0. The molecule has 10 atom stereocenters. The molecule has 3 saturated carbocycles. The van der Waals surface area contributed by atoms with E-state index in [0.717, 1.165) is 36.0 Å². The summed E-state index contributed by atoms with van der Waals surface area (Å²) in [6.45, 7) is 20.1. The highest BCUT2D eigenvalue weighted by atomic mass is 16.3. The molecule has 178 valence electrons. The van der Waals surface area contributed by atoms with Gasteiger partial charge in [0, 0.05) is 0 Å². The lowest BCUT2D eigenvalue weighted by Crippen LogP contribution is -2.55. The van der Waals surface area contributed by atoms with Crippen LogP contribution in [0.3, 0.4) is 0 Å². The maximum Gasteiger partial charge on any atom is 0.0569 e. The maximum atomic E-state index is 10.6. The fraction of sp³-hybridized carbons (Fsp3) is 0.933. The minimum absolute atomic E-state index is 0.0791. The zero-order valence-corrected chi connectivity index (χ0v) is 22.0. The quantitative estimate of drug-likeness (QED) is 0.437. The summed E-state index contributed by atoms with van der Waals surface area (Å²) in [5.41, 5.74) is 3.09. The van der Waals surface area contributed by atoms with E-state index in [0.29, 0.717) is 28.1 Å². The Morgan fingerprint density at radius 1 is 0.935 bits per heavy atom. The molecule has 0 aliphatic heterocycles. The van der Waals surface area contributed by atoms with Crippen molar-refractivity contribution in [3.63, 3.8) is 0 Å². The summed E-state index contributed by atoms with van der Waals surface area (Å²) in [5, 5.41) is 10.6. The summed E-state index contributed by atoms with van der Waals surface area (Å²) in [4.78, 5) is 0. The summed E-state index contributed by atoms with van der Waals surface area (Å²) in [6.07, 6.45) is 14.5. The van der Waals surface area contributed by atoms with Crippen LogP contribution in [-0.2, 0) is 0 Å². The van der Waals surface area contributed by atoms with E-state index in [1.54, 1.807) is 0 Å². The number of allylic oxidation sites excluding steroid dienone is 2. The summed E-state index contributed by atoms with van der Waals surface area (Å²) in [5.74, 6) is 5.30. The Hall–Kier alpha value is -0.300. The highest BCUT2D eigenvalue weighted by Crippen LogP contribution is 2.72. The molecule has 0 heterocycles. The van der Waals surface area contributed by atoms with Crippen molar-refractivity contribution in [1.82, 2.24) is 0 Å². The number of hydrogen-bond acceptors (Lipinski definition) is 1. The van der Waals surface area contributed by atoms with Crippen LogP contribution in [0.15, 0.2) is 11.6 Å². The molecule has 0 bridgehead atoms. The molecule has 1 nitrogen and oxygen atoms in total. The highest BCUT2D eigenvalue weighted by molar-refractivity contribution is 5.32. The first-order valence-electron chi connectivity index (χ1n) is 13.8. The van der Waals surface area contributed by atoms with Gasteiger partial charge in [-0.2, -0.15) is 0 Å². The molecular formula is C30H52O. The predicted molar refractivity (Wildman–Crippen MR) is 133 cm³/mol. The smallest absolute Gasteiger partial charge is 0.0569 e. The summed E-state index contributed by atoms with van der Waals surface area (Å²) in [7, 11) is 0. The molecule has 0 radical (unpaired) electrons. The molecule has 1 heteroatoms. The van der Waals surface area contributed by atoms with Crippen LogP contribution in [-0.4, -0.2) is 11.2 Å². The largest absolute Gasteiger partial charge is 0.393 e. The van der Waals surface area contributed by atoms with Gasteiger partial charge in [0.25, 0.3) is 0 Å². The first-order valence-corrected chi connectivity index (χ1v) is 13.8. The molecule has 0 aromatic rings. The van der Waals surface area contributed by atoms with Gasteiger partial charge in [-0.1, -0.05) is 79.9 Å². The van der Waals surface area contributed by atoms with Crippen molar-refractivity contribution in [1.29, 1.82) is 0 Å². The standard InChI is InChI=1S/C30H52O/c1-19(2)20(3)9-10-21(4)23-13-17-30(8)26-12-11-24-22(5)27(31)15-16-28(24,6)25(26)14-18-29(23,30)7/h14,19-24,26-27,31H,9-13,15-18H2,1-8H3/t20-,21+,22-,23+,24-,26+,27-,28-,29+,30-/m0/s1. The molecule has 3 fully saturated rings. The van der Waals surface area contributed by atoms with E-state index in [1.165, 1.54) is 51.4 Å². The predicted octanol–water partition coefficient (Wildman–Crippen LogP) is 8.27. The molecule has 4 rings (SSSR count). The van der Waals surface area contributed by atoms with Gasteiger partial charge in [-0.15, -0.1) is 0 Å². The molecule has 1 N–H and O–H groups in total. The van der Waals surface area contributed by atoms with Crippen LogP contribution in [0, 0.1) is 57.7 Å². The Labute approximate surface area is 193 Å². The van der Waals surface area contributed by atoms with Gasteiger partial charge in [0.2, 0.25) is 0 Å². The average Bonchev–Trinajstić information content (AvgIpc) is 3.00. The number of fused-ring (bicyclic) bond motifs is 5. The number of aliphatic hydroxyl groups excluding tert-OH is 1. The molecule has 4 aliphatic carbocycles. The van der Waals surface area contributed by atoms with Gasteiger partial charge in [-0.05, 0) is 103 Å². The van der Waals surface area contributed by atoms with Gasteiger partial charge in [0.05, 0.1) is 6.10 Å². The minimum Gasteiger partial charge on any atom is -0.393 e. The van der Waals surface area contributed by atoms with Crippen molar-refractivity contribution < 1.29 is 5.11 Å². The van der Waals surface area contributed by atoms with Crippen molar-refractivity contribution in [2.75, 3.05) is 0 Å².